The summed E-state index contributed by atoms with van der Waals surface area (Å²) in [6.07, 6.45) is 0. The molecule has 0 amide bonds. The van der Waals surface area contributed by atoms with Crippen LogP contribution < -0.4 is 5.73 Å². The van der Waals surface area contributed by atoms with Gasteiger partial charge in [-0.2, -0.15) is 0 Å². The molecule has 0 fully saturated rings. The van der Waals surface area contributed by atoms with Gasteiger partial charge in [-0.3, -0.25) is 10.1 Å². The molecule has 0 saturated heterocycles. The Morgan fingerprint density at radius 1 is 1.06 bits per heavy atom. The van der Waals surface area contributed by atoms with Crippen molar-refractivity contribution in [2.45, 2.75) is 4.90 Å². The second kappa shape index (κ2) is 4.47. The number of non-ortho nitro benzene ring substituents is 1. The number of anilines is 1. The first-order chi connectivity index (χ1) is 8.08. The summed E-state index contributed by atoms with van der Waals surface area (Å²) in [5.41, 5.74) is 8.18. The minimum Gasteiger partial charge on any atom is -0.398 e. The van der Waals surface area contributed by atoms with E-state index >= 15 is 0 Å². The molecule has 0 bridgehead atoms. The van der Waals surface area contributed by atoms with Gasteiger partial charge in [0.2, 0.25) is 0 Å². The molecule has 2 aromatic carbocycles. The molecule has 0 aliphatic carbocycles. The average Bonchev–Trinajstić information content (AvgIpc) is 2.33. The Labute approximate surface area is 104 Å². The number of benzene rings is 2. The minimum atomic E-state index is -0.420. The predicted octanol–water partition coefficient (Wildman–Crippen LogP) is 3.13. The van der Waals surface area contributed by atoms with Gasteiger partial charge in [0.25, 0.3) is 5.69 Å². The van der Waals surface area contributed by atoms with Gasteiger partial charge in [-0.25, -0.2) is 0 Å². The van der Waals surface area contributed by atoms with Crippen LogP contribution in [0.3, 0.4) is 0 Å². The first kappa shape index (κ1) is 11.5. The predicted molar refractivity (Wildman–Crippen MR) is 70.2 cm³/mol. The van der Waals surface area contributed by atoms with Crippen molar-refractivity contribution in [2.24, 2.45) is 0 Å². The standard InChI is InChI=1S/C12H10N2O2S/c13-11-6-3-9(7-12(11)17)8-1-4-10(5-2-8)14(15)16/h1-7,17H,13H2. The van der Waals surface area contributed by atoms with E-state index in [1.807, 2.05) is 12.1 Å². The van der Waals surface area contributed by atoms with E-state index in [4.69, 9.17) is 5.73 Å². The highest BCUT2D eigenvalue weighted by Crippen LogP contribution is 2.27. The number of hydrogen-bond donors (Lipinski definition) is 2. The minimum absolute atomic E-state index is 0.0790. The van der Waals surface area contributed by atoms with Gasteiger partial charge in [0.1, 0.15) is 0 Å². The van der Waals surface area contributed by atoms with Crippen LogP contribution in [0.5, 0.6) is 0 Å². The van der Waals surface area contributed by atoms with Crippen LogP contribution in [0, 0.1) is 10.1 Å². The van der Waals surface area contributed by atoms with Crippen molar-refractivity contribution < 1.29 is 4.92 Å². The quantitative estimate of drug-likeness (QED) is 0.370. The smallest absolute Gasteiger partial charge is 0.269 e. The zero-order chi connectivity index (χ0) is 12.4. The zero-order valence-electron chi connectivity index (χ0n) is 8.83. The summed E-state index contributed by atoms with van der Waals surface area (Å²) in [4.78, 5) is 10.8. The fourth-order valence-corrected chi connectivity index (χ4v) is 1.71. The van der Waals surface area contributed by atoms with E-state index in [0.29, 0.717) is 10.6 Å². The van der Waals surface area contributed by atoms with Gasteiger partial charge in [-0.1, -0.05) is 6.07 Å². The number of thiol groups is 1. The molecule has 0 heterocycles. The van der Waals surface area contributed by atoms with Crippen molar-refractivity contribution in [1.82, 2.24) is 0 Å². The van der Waals surface area contributed by atoms with Crippen LogP contribution >= 0.6 is 12.6 Å². The van der Waals surface area contributed by atoms with Crippen LogP contribution in [0.4, 0.5) is 11.4 Å². The molecule has 0 saturated carbocycles. The molecular weight excluding hydrogens is 236 g/mol. The number of nitrogens with zero attached hydrogens (tertiary/aromatic N) is 1. The van der Waals surface area contributed by atoms with E-state index in [0.717, 1.165) is 11.1 Å². The van der Waals surface area contributed by atoms with Crippen LogP contribution in [-0.2, 0) is 0 Å². The third-order valence-corrected chi connectivity index (χ3v) is 2.83. The Morgan fingerprint density at radius 2 is 1.65 bits per heavy atom. The largest absolute Gasteiger partial charge is 0.398 e. The fraction of sp³-hybridized carbons (Fsp3) is 0. The zero-order valence-corrected chi connectivity index (χ0v) is 9.72. The highest BCUT2D eigenvalue weighted by Gasteiger charge is 2.05. The third kappa shape index (κ3) is 2.39. The van der Waals surface area contributed by atoms with Crippen LogP contribution in [0.1, 0.15) is 0 Å². The SMILES string of the molecule is Nc1ccc(-c2ccc([N+](=O)[O-])cc2)cc1S. The second-order valence-corrected chi connectivity index (χ2v) is 4.06. The number of nitrogen functional groups attached to an aromatic ring is 1. The fourth-order valence-electron chi connectivity index (χ4n) is 1.50. The molecule has 17 heavy (non-hydrogen) atoms. The van der Waals surface area contributed by atoms with Crippen molar-refractivity contribution in [3.63, 3.8) is 0 Å². The summed E-state index contributed by atoms with van der Waals surface area (Å²) in [5.74, 6) is 0. The summed E-state index contributed by atoms with van der Waals surface area (Å²) >= 11 is 4.24. The average molecular weight is 246 g/mol. The van der Waals surface area contributed by atoms with Crippen LogP contribution in [0.2, 0.25) is 0 Å². The molecule has 0 aliphatic heterocycles. The van der Waals surface area contributed by atoms with Crippen LogP contribution in [0.25, 0.3) is 11.1 Å². The Bertz CT molecular complexity index is 567. The van der Waals surface area contributed by atoms with E-state index < -0.39 is 4.92 Å². The summed E-state index contributed by atoms with van der Waals surface area (Å²) < 4.78 is 0. The topological polar surface area (TPSA) is 69.2 Å². The van der Waals surface area contributed by atoms with E-state index in [1.54, 1.807) is 18.2 Å². The van der Waals surface area contributed by atoms with Gasteiger partial charge in [-0.15, -0.1) is 12.6 Å². The first-order valence-corrected chi connectivity index (χ1v) is 5.36. The lowest BCUT2D eigenvalue weighted by molar-refractivity contribution is -0.384. The van der Waals surface area contributed by atoms with Crippen LogP contribution in [0.15, 0.2) is 47.4 Å². The molecule has 4 nitrogen and oxygen atoms in total. The van der Waals surface area contributed by atoms with Gasteiger partial charge in [-0.05, 0) is 35.4 Å². The van der Waals surface area contributed by atoms with Crippen molar-refractivity contribution >= 4 is 24.0 Å². The number of nitrogens with two attached hydrogens (primary N) is 1. The van der Waals surface area contributed by atoms with Crippen molar-refractivity contribution in [3.05, 3.63) is 52.6 Å². The lowest BCUT2D eigenvalue weighted by Gasteiger charge is -2.04. The molecule has 2 aromatic rings. The lowest BCUT2D eigenvalue weighted by atomic mass is 10.1. The second-order valence-electron chi connectivity index (χ2n) is 3.58. The molecule has 0 spiro atoms. The van der Waals surface area contributed by atoms with E-state index in [1.165, 1.54) is 12.1 Å². The molecular formula is C12H10N2O2S. The first-order valence-electron chi connectivity index (χ1n) is 4.91. The Hall–Kier alpha value is -2.01. The summed E-state index contributed by atoms with van der Waals surface area (Å²) in [6, 6.07) is 11.8. The maximum atomic E-state index is 10.5. The van der Waals surface area contributed by atoms with Gasteiger partial charge < -0.3 is 5.73 Å². The van der Waals surface area contributed by atoms with E-state index in [2.05, 4.69) is 12.6 Å². The molecule has 86 valence electrons. The molecule has 2 rings (SSSR count). The van der Waals surface area contributed by atoms with Gasteiger partial charge in [0.15, 0.2) is 0 Å². The molecule has 0 unspecified atom stereocenters. The van der Waals surface area contributed by atoms with Gasteiger partial charge in [0, 0.05) is 22.7 Å². The Balaban J connectivity index is 2.39. The van der Waals surface area contributed by atoms with Crippen molar-refractivity contribution in [1.29, 1.82) is 0 Å². The maximum Gasteiger partial charge on any atom is 0.269 e. The molecule has 0 aromatic heterocycles. The number of rotatable bonds is 2. The number of nitro benzene ring substituents is 1. The van der Waals surface area contributed by atoms with Crippen LogP contribution in [-0.4, -0.2) is 4.92 Å². The normalized spacial score (nSPS) is 10.2. The highest BCUT2D eigenvalue weighted by molar-refractivity contribution is 7.80. The maximum absolute atomic E-state index is 10.5. The Kier molecular flexibility index (Phi) is 3.01. The van der Waals surface area contributed by atoms with Gasteiger partial charge >= 0.3 is 0 Å². The molecule has 2 N–H and O–H groups in total. The highest BCUT2D eigenvalue weighted by atomic mass is 32.1. The number of hydrogen-bond acceptors (Lipinski definition) is 4. The summed E-state index contributed by atoms with van der Waals surface area (Å²) in [6.45, 7) is 0. The Morgan fingerprint density at radius 3 is 2.18 bits per heavy atom. The monoisotopic (exact) mass is 246 g/mol. The molecule has 0 atom stereocenters. The summed E-state index contributed by atoms with van der Waals surface area (Å²) in [5, 5.41) is 10.5. The number of nitro groups is 1. The molecule has 0 radical (unpaired) electrons. The van der Waals surface area contributed by atoms with E-state index in [-0.39, 0.29) is 5.69 Å². The third-order valence-electron chi connectivity index (χ3n) is 2.44. The molecule has 0 aliphatic rings. The molecule has 5 heteroatoms. The van der Waals surface area contributed by atoms with Crippen molar-refractivity contribution in [2.75, 3.05) is 5.73 Å². The lowest BCUT2D eigenvalue weighted by Crippen LogP contribution is -1.89. The van der Waals surface area contributed by atoms with Crippen molar-refractivity contribution in [3.8, 4) is 11.1 Å². The van der Waals surface area contributed by atoms with Gasteiger partial charge in [0.05, 0.1) is 4.92 Å². The summed E-state index contributed by atoms with van der Waals surface area (Å²) in [7, 11) is 0. The van der Waals surface area contributed by atoms with E-state index in [9.17, 15) is 10.1 Å².